The molecular weight excluding hydrogens is 285 g/mol. The minimum absolute atomic E-state index is 0.597. The van der Waals surface area contributed by atoms with Gasteiger partial charge in [0, 0.05) is 4.90 Å². The van der Waals surface area contributed by atoms with E-state index in [-0.39, 0.29) is 0 Å². The second kappa shape index (κ2) is 4.01. The van der Waals surface area contributed by atoms with Crippen molar-refractivity contribution >= 4 is 35.2 Å². The van der Waals surface area contributed by atoms with Crippen molar-refractivity contribution in [2.24, 2.45) is 0 Å². The number of methoxy groups -OCH3 is 1. The molecule has 0 saturated heterocycles. The van der Waals surface area contributed by atoms with Crippen LogP contribution in [-0.4, -0.2) is 7.11 Å². The van der Waals surface area contributed by atoms with Crippen LogP contribution in [0.25, 0.3) is 0 Å². The van der Waals surface area contributed by atoms with Gasteiger partial charge in [-0.2, -0.15) is 5.26 Å². The average molecular weight is 291 g/mol. The van der Waals surface area contributed by atoms with Gasteiger partial charge in [-0.05, 0) is 34.7 Å². The molecule has 12 heavy (non-hydrogen) atoms. The standard InChI is InChI=1S/C8H6INOS/c1-11-7-3-6(12)2-5(4-10)8(7)9/h2-3,12H,1H3. The van der Waals surface area contributed by atoms with E-state index < -0.39 is 0 Å². The first-order valence-corrected chi connectivity index (χ1v) is 4.68. The lowest BCUT2D eigenvalue weighted by atomic mass is 10.2. The van der Waals surface area contributed by atoms with Crippen LogP contribution in [0.4, 0.5) is 0 Å². The molecule has 2 nitrogen and oxygen atoms in total. The second-order valence-electron chi connectivity index (χ2n) is 2.12. The van der Waals surface area contributed by atoms with Crippen LogP contribution in [0.1, 0.15) is 5.56 Å². The average Bonchev–Trinajstić information content (AvgIpc) is 2.08. The zero-order valence-electron chi connectivity index (χ0n) is 6.34. The lowest BCUT2D eigenvalue weighted by Gasteiger charge is -2.04. The van der Waals surface area contributed by atoms with Gasteiger partial charge in [-0.1, -0.05) is 0 Å². The van der Waals surface area contributed by atoms with Gasteiger partial charge < -0.3 is 4.74 Å². The Hall–Kier alpha value is -0.410. The van der Waals surface area contributed by atoms with Crippen molar-refractivity contribution in [3.63, 3.8) is 0 Å². The summed E-state index contributed by atoms with van der Waals surface area (Å²) in [5.74, 6) is 0.694. The molecule has 0 aliphatic rings. The van der Waals surface area contributed by atoms with Gasteiger partial charge in [0.15, 0.2) is 0 Å². The fraction of sp³-hybridized carbons (Fsp3) is 0.125. The molecule has 0 aliphatic carbocycles. The molecule has 0 bridgehead atoms. The molecule has 0 spiro atoms. The van der Waals surface area contributed by atoms with E-state index in [0.29, 0.717) is 11.3 Å². The van der Waals surface area contributed by atoms with Crippen LogP contribution in [0.15, 0.2) is 17.0 Å². The number of rotatable bonds is 1. The van der Waals surface area contributed by atoms with Crippen molar-refractivity contribution < 1.29 is 4.74 Å². The molecule has 0 N–H and O–H groups in total. The summed E-state index contributed by atoms with van der Waals surface area (Å²) >= 11 is 6.22. The van der Waals surface area contributed by atoms with Crippen molar-refractivity contribution in [2.45, 2.75) is 4.90 Å². The van der Waals surface area contributed by atoms with Crippen molar-refractivity contribution in [1.82, 2.24) is 0 Å². The van der Waals surface area contributed by atoms with E-state index in [1.807, 2.05) is 0 Å². The van der Waals surface area contributed by atoms with Gasteiger partial charge in [-0.3, -0.25) is 0 Å². The fourth-order valence-electron chi connectivity index (χ4n) is 0.813. The highest BCUT2D eigenvalue weighted by Crippen LogP contribution is 2.27. The molecule has 1 aromatic rings. The predicted octanol–water partition coefficient (Wildman–Crippen LogP) is 2.46. The molecule has 0 saturated carbocycles. The zero-order valence-corrected chi connectivity index (χ0v) is 9.39. The van der Waals surface area contributed by atoms with Crippen molar-refractivity contribution in [3.05, 3.63) is 21.3 Å². The molecule has 0 radical (unpaired) electrons. The van der Waals surface area contributed by atoms with Crippen LogP contribution in [0, 0.1) is 14.9 Å². The van der Waals surface area contributed by atoms with Crippen LogP contribution in [0.5, 0.6) is 5.75 Å². The first-order chi connectivity index (χ1) is 5.69. The SMILES string of the molecule is COc1cc(S)cc(C#N)c1I. The lowest BCUT2D eigenvalue weighted by Crippen LogP contribution is -1.90. The first kappa shape index (κ1) is 9.68. The van der Waals surface area contributed by atoms with Crippen molar-refractivity contribution in [3.8, 4) is 11.8 Å². The quantitative estimate of drug-likeness (QED) is 0.637. The van der Waals surface area contributed by atoms with Gasteiger partial charge in [0.05, 0.1) is 16.2 Å². The Morgan fingerprint density at radius 1 is 1.58 bits per heavy atom. The highest BCUT2D eigenvalue weighted by atomic mass is 127. The second-order valence-corrected chi connectivity index (χ2v) is 3.72. The van der Waals surface area contributed by atoms with E-state index >= 15 is 0 Å². The molecule has 0 unspecified atom stereocenters. The Morgan fingerprint density at radius 3 is 2.75 bits per heavy atom. The maximum Gasteiger partial charge on any atom is 0.134 e. The Morgan fingerprint density at radius 2 is 2.25 bits per heavy atom. The molecule has 1 aromatic carbocycles. The zero-order chi connectivity index (χ0) is 9.14. The normalized spacial score (nSPS) is 9.17. The van der Waals surface area contributed by atoms with Crippen LogP contribution in [0.3, 0.4) is 0 Å². The van der Waals surface area contributed by atoms with Gasteiger partial charge in [0.25, 0.3) is 0 Å². The summed E-state index contributed by atoms with van der Waals surface area (Å²) in [6.07, 6.45) is 0. The summed E-state index contributed by atoms with van der Waals surface area (Å²) in [6.45, 7) is 0. The third kappa shape index (κ3) is 1.84. The fourth-order valence-corrected chi connectivity index (χ4v) is 1.71. The molecule has 1 rings (SSSR count). The molecule has 0 heterocycles. The Labute approximate surface area is 90.1 Å². The summed E-state index contributed by atoms with van der Waals surface area (Å²) in [4.78, 5) is 0.740. The Kier molecular flexibility index (Phi) is 3.23. The monoisotopic (exact) mass is 291 g/mol. The Bertz CT molecular complexity index is 346. The maximum absolute atomic E-state index is 8.72. The largest absolute Gasteiger partial charge is 0.496 e. The number of benzene rings is 1. The van der Waals surface area contributed by atoms with Gasteiger partial charge in [0.1, 0.15) is 11.8 Å². The summed E-state index contributed by atoms with van der Waals surface area (Å²) in [6, 6.07) is 5.57. The highest BCUT2D eigenvalue weighted by Gasteiger charge is 2.06. The lowest BCUT2D eigenvalue weighted by molar-refractivity contribution is 0.410. The van der Waals surface area contributed by atoms with E-state index in [1.54, 1.807) is 19.2 Å². The number of ether oxygens (including phenoxy) is 1. The van der Waals surface area contributed by atoms with Crippen molar-refractivity contribution in [2.75, 3.05) is 7.11 Å². The van der Waals surface area contributed by atoms with E-state index in [4.69, 9.17) is 10.00 Å². The number of halogens is 1. The van der Waals surface area contributed by atoms with Gasteiger partial charge in [0.2, 0.25) is 0 Å². The van der Waals surface area contributed by atoms with Crippen LogP contribution in [-0.2, 0) is 0 Å². The Balaban J connectivity index is 3.34. The number of nitrogens with zero attached hydrogens (tertiary/aromatic N) is 1. The van der Waals surface area contributed by atoms with Crippen LogP contribution in [0.2, 0.25) is 0 Å². The van der Waals surface area contributed by atoms with Crippen LogP contribution >= 0.6 is 35.2 Å². The number of thiol groups is 1. The number of hydrogen-bond acceptors (Lipinski definition) is 3. The molecule has 0 fully saturated rings. The molecule has 0 aromatic heterocycles. The number of hydrogen-bond donors (Lipinski definition) is 1. The maximum atomic E-state index is 8.72. The summed E-state index contributed by atoms with van der Waals surface area (Å²) in [5.41, 5.74) is 0.597. The minimum Gasteiger partial charge on any atom is -0.496 e. The summed E-state index contributed by atoms with van der Waals surface area (Å²) in [5, 5.41) is 8.72. The molecule has 62 valence electrons. The molecule has 0 atom stereocenters. The summed E-state index contributed by atoms with van der Waals surface area (Å²) < 4.78 is 5.89. The van der Waals surface area contributed by atoms with E-state index in [1.165, 1.54) is 0 Å². The number of nitriles is 1. The van der Waals surface area contributed by atoms with Gasteiger partial charge in [-0.25, -0.2) is 0 Å². The van der Waals surface area contributed by atoms with Gasteiger partial charge in [-0.15, -0.1) is 12.6 Å². The van der Waals surface area contributed by atoms with E-state index in [0.717, 1.165) is 8.47 Å². The highest BCUT2D eigenvalue weighted by molar-refractivity contribution is 14.1. The molecule has 0 amide bonds. The first-order valence-electron chi connectivity index (χ1n) is 3.15. The van der Waals surface area contributed by atoms with Gasteiger partial charge >= 0.3 is 0 Å². The summed E-state index contributed by atoms with van der Waals surface area (Å²) in [7, 11) is 1.58. The molecule has 4 heteroatoms. The smallest absolute Gasteiger partial charge is 0.134 e. The molecular formula is C8H6INOS. The van der Waals surface area contributed by atoms with E-state index in [9.17, 15) is 0 Å². The van der Waals surface area contributed by atoms with Crippen LogP contribution < -0.4 is 4.74 Å². The topological polar surface area (TPSA) is 33.0 Å². The minimum atomic E-state index is 0.597. The van der Waals surface area contributed by atoms with E-state index in [2.05, 4.69) is 41.3 Å². The molecule has 0 aliphatic heterocycles. The third-order valence-electron chi connectivity index (χ3n) is 1.36. The van der Waals surface area contributed by atoms with Crippen molar-refractivity contribution in [1.29, 1.82) is 5.26 Å². The predicted molar refractivity (Wildman–Crippen MR) is 57.7 cm³/mol. The third-order valence-corrected chi connectivity index (χ3v) is 2.74.